The number of hydrogen-bond acceptors (Lipinski definition) is 2. The first-order valence-electron chi connectivity index (χ1n) is 4.37. The second-order valence-corrected chi connectivity index (χ2v) is 3.20. The van der Waals surface area contributed by atoms with Gasteiger partial charge in [0, 0.05) is 12.6 Å². The minimum Gasteiger partial charge on any atom is -0.396 e. The van der Waals surface area contributed by atoms with Gasteiger partial charge in [0.25, 0.3) is 0 Å². The summed E-state index contributed by atoms with van der Waals surface area (Å²) in [7, 11) is 0. The van der Waals surface area contributed by atoms with E-state index in [1.807, 2.05) is 0 Å². The maximum Gasteiger partial charge on any atom is 0.0446 e. The molecule has 0 amide bonds. The van der Waals surface area contributed by atoms with Crippen molar-refractivity contribution in [1.29, 1.82) is 0 Å². The predicted octanol–water partition coefficient (Wildman–Crippen LogP) is 1.05. The van der Waals surface area contributed by atoms with Crippen molar-refractivity contribution in [2.75, 3.05) is 6.61 Å². The number of aliphatic hydroxyl groups excluding tert-OH is 1. The van der Waals surface area contributed by atoms with Crippen LogP contribution in [0.15, 0.2) is 12.2 Å². The molecule has 0 aromatic rings. The lowest BCUT2D eigenvalue weighted by molar-refractivity contribution is 0.259. The molecule has 0 radical (unpaired) electrons. The van der Waals surface area contributed by atoms with E-state index in [1.54, 1.807) is 0 Å². The smallest absolute Gasteiger partial charge is 0.0446 e. The molecule has 1 aliphatic rings. The summed E-state index contributed by atoms with van der Waals surface area (Å²) in [4.78, 5) is 0. The molecule has 0 fully saturated rings. The second kappa shape index (κ2) is 4.52. The number of allylic oxidation sites excluding steroid dienone is 1. The lowest BCUT2D eigenvalue weighted by atomic mass is 9.88. The van der Waals surface area contributed by atoms with E-state index in [9.17, 15) is 0 Å². The molecule has 2 atom stereocenters. The molecule has 0 saturated heterocycles. The Kier molecular flexibility index (Phi) is 3.60. The lowest BCUT2D eigenvalue weighted by Gasteiger charge is -2.22. The quantitative estimate of drug-likeness (QED) is 0.598. The fourth-order valence-electron chi connectivity index (χ4n) is 1.56. The van der Waals surface area contributed by atoms with Gasteiger partial charge in [-0.2, -0.15) is 0 Å². The Morgan fingerprint density at radius 2 is 2.45 bits per heavy atom. The van der Waals surface area contributed by atoms with Crippen molar-refractivity contribution in [3.8, 4) is 0 Å². The van der Waals surface area contributed by atoms with E-state index in [2.05, 4.69) is 12.2 Å². The van der Waals surface area contributed by atoms with Crippen LogP contribution in [0.5, 0.6) is 0 Å². The van der Waals surface area contributed by atoms with Gasteiger partial charge in [-0.05, 0) is 31.6 Å². The van der Waals surface area contributed by atoms with Crippen molar-refractivity contribution in [2.24, 2.45) is 11.7 Å². The summed E-state index contributed by atoms with van der Waals surface area (Å²) in [5, 5.41) is 8.66. The third-order valence-electron chi connectivity index (χ3n) is 2.30. The van der Waals surface area contributed by atoms with Gasteiger partial charge in [-0.15, -0.1) is 0 Å². The van der Waals surface area contributed by atoms with Crippen LogP contribution in [-0.2, 0) is 0 Å². The summed E-state index contributed by atoms with van der Waals surface area (Å²) < 4.78 is 0. The molecule has 2 unspecified atom stereocenters. The molecule has 1 aliphatic carbocycles. The molecule has 0 aromatic heterocycles. The lowest BCUT2D eigenvalue weighted by Crippen LogP contribution is -2.30. The zero-order valence-corrected chi connectivity index (χ0v) is 6.87. The van der Waals surface area contributed by atoms with E-state index >= 15 is 0 Å². The largest absolute Gasteiger partial charge is 0.396 e. The number of nitrogens with two attached hydrogens (primary N) is 1. The molecule has 2 nitrogen and oxygen atoms in total. The summed E-state index contributed by atoms with van der Waals surface area (Å²) in [6.45, 7) is 0.214. The van der Waals surface area contributed by atoms with Gasteiger partial charge in [-0.25, -0.2) is 0 Å². The van der Waals surface area contributed by atoms with Crippen molar-refractivity contribution in [3.63, 3.8) is 0 Å². The zero-order chi connectivity index (χ0) is 8.10. The third kappa shape index (κ3) is 2.64. The predicted molar refractivity (Wildman–Crippen MR) is 46.2 cm³/mol. The fraction of sp³-hybridized carbons (Fsp3) is 0.778. The van der Waals surface area contributed by atoms with Crippen LogP contribution in [-0.4, -0.2) is 17.8 Å². The minimum atomic E-state index is 0.163. The first-order valence-corrected chi connectivity index (χ1v) is 4.37. The van der Waals surface area contributed by atoms with Crippen LogP contribution in [0.4, 0.5) is 0 Å². The van der Waals surface area contributed by atoms with Crippen molar-refractivity contribution >= 4 is 0 Å². The van der Waals surface area contributed by atoms with Gasteiger partial charge in [0.1, 0.15) is 0 Å². The van der Waals surface area contributed by atoms with Crippen LogP contribution >= 0.6 is 0 Å². The van der Waals surface area contributed by atoms with Gasteiger partial charge in [-0.3, -0.25) is 0 Å². The van der Waals surface area contributed by atoms with Crippen molar-refractivity contribution < 1.29 is 5.11 Å². The molecule has 0 bridgehead atoms. The van der Waals surface area contributed by atoms with Gasteiger partial charge in [0.05, 0.1) is 0 Å². The second-order valence-electron chi connectivity index (χ2n) is 3.20. The normalized spacial score (nSPS) is 26.9. The summed E-state index contributed by atoms with van der Waals surface area (Å²) in [5.74, 6) is 0.510. The van der Waals surface area contributed by atoms with E-state index in [-0.39, 0.29) is 12.6 Å². The topological polar surface area (TPSA) is 46.2 Å². The van der Waals surface area contributed by atoms with Crippen LogP contribution < -0.4 is 5.73 Å². The zero-order valence-electron chi connectivity index (χ0n) is 6.87. The van der Waals surface area contributed by atoms with Gasteiger partial charge < -0.3 is 10.8 Å². The Balaban J connectivity index is 2.32. The molecular formula is C9H17NO. The first-order chi connectivity index (χ1) is 5.34. The molecule has 0 aromatic carbocycles. The van der Waals surface area contributed by atoms with Crippen molar-refractivity contribution in [2.45, 2.75) is 31.7 Å². The molecule has 64 valence electrons. The van der Waals surface area contributed by atoms with Crippen LogP contribution in [0.3, 0.4) is 0 Å². The highest BCUT2D eigenvalue weighted by molar-refractivity contribution is 4.97. The minimum absolute atomic E-state index is 0.163. The Bertz CT molecular complexity index is 134. The molecule has 0 saturated carbocycles. The Hall–Kier alpha value is -0.340. The van der Waals surface area contributed by atoms with Crippen LogP contribution in [0.1, 0.15) is 25.7 Å². The Labute approximate surface area is 68.1 Å². The van der Waals surface area contributed by atoms with Gasteiger partial charge >= 0.3 is 0 Å². The summed E-state index contributed by atoms with van der Waals surface area (Å²) in [5.41, 5.74) is 5.85. The molecule has 0 heterocycles. The van der Waals surface area contributed by atoms with Gasteiger partial charge in [-0.1, -0.05) is 12.2 Å². The molecular weight excluding hydrogens is 138 g/mol. The highest BCUT2D eigenvalue weighted by atomic mass is 16.3. The summed E-state index contributed by atoms with van der Waals surface area (Å²) in [6.07, 6.45) is 8.77. The third-order valence-corrected chi connectivity index (χ3v) is 2.30. The number of hydrogen-bond donors (Lipinski definition) is 2. The molecule has 1 rings (SSSR count). The van der Waals surface area contributed by atoms with Gasteiger partial charge in [0.2, 0.25) is 0 Å². The SMILES string of the molecule is NC(CCO)C1C=CCCC1. The highest BCUT2D eigenvalue weighted by Gasteiger charge is 2.15. The van der Waals surface area contributed by atoms with Crippen molar-refractivity contribution in [3.05, 3.63) is 12.2 Å². The number of rotatable bonds is 3. The van der Waals surface area contributed by atoms with Crippen LogP contribution in [0.25, 0.3) is 0 Å². The fourth-order valence-corrected chi connectivity index (χ4v) is 1.56. The Morgan fingerprint density at radius 1 is 1.64 bits per heavy atom. The average Bonchev–Trinajstić information content (AvgIpc) is 2.07. The maximum absolute atomic E-state index is 8.66. The summed E-state index contributed by atoms with van der Waals surface area (Å²) >= 11 is 0. The maximum atomic E-state index is 8.66. The van der Waals surface area contributed by atoms with E-state index < -0.39 is 0 Å². The summed E-state index contributed by atoms with van der Waals surface area (Å²) in [6, 6.07) is 0.163. The van der Waals surface area contributed by atoms with E-state index in [4.69, 9.17) is 10.8 Å². The molecule has 0 spiro atoms. The van der Waals surface area contributed by atoms with Crippen LogP contribution in [0.2, 0.25) is 0 Å². The molecule has 2 heteroatoms. The molecule has 11 heavy (non-hydrogen) atoms. The first kappa shape index (κ1) is 8.75. The van der Waals surface area contributed by atoms with E-state index in [0.29, 0.717) is 5.92 Å². The average molecular weight is 155 g/mol. The van der Waals surface area contributed by atoms with Crippen molar-refractivity contribution in [1.82, 2.24) is 0 Å². The van der Waals surface area contributed by atoms with E-state index in [0.717, 1.165) is 6.42 Å². The molecule has 0 aliphatic heterocycles. The Morgan fingerprint density at radius 3 is 3.00 bits per heavy atom. The highest BCUT2D eigenvalue weighted by Crippen LogP contribution is 2.20. The standard InChI is InChI=1S/C9H17NO/c10-9(6-7-11)8-4-2-1-3-5-8/h2,4,8-9,11H,1,3,5-7,10H2. The number of aliphatic hydroxyl groups is 1. The monoisotopic (exact) mass is 155 g/mol. The van der Waals surface area contributed by atoms with E-state index in [1.165, 1.54) is 19.3 Å². The molecule has 3 N–H and O–H groups in total. The van der Waals surface area contributed by atoms with Gasteiger partial charge in [0.15, 0.2) is 0 Å². The van der Waals surface area contributed by atoms with Crippen LogP contribution in [0, 0.1) is 5.92 Å².